The summed E-state index contributed by atoms with van der Waals surface area (Å²) in [6.45, 7) is 1.87. The Morgan fingerprint density at radius 1 is 1.36 bits per heavy atom. The van der Waals surface area contributed by atoms with Gasteiger partial charge in [-0.25, -0.2) is 0 Å². The lowest BCUT2D eigenvalue weighted by Gasteiger charge is -2.13. The van der Waals surface area contributed by atoms with Crippen LogP contribution in [0.2, 0.25) is 0 Å². The summed E-state index contributed by atoms with van der Waals surface area (Å²) in [5.74, 6) is 0.499. The summed E-state index contributed by atoms with van der Waals surface area (Å²) in [4.78, 5) is 15.5. The zero-order chi connectivity index (χ0) is 15.9. The van der Waals surface area contributed by atoms with E-state index in [0.29, 0.717) is 24.5 Å². The second kappa shape index (κ2) is 8.31. The second-order valence-electron chi connectivity index (χ2n) is 5.06. The van der Waals surface area contributed by atoms with Crippen molar-refractivity contribution in [2.45, 2.75) is 6.54 Å². The molecule has 1 heterocycles. The van der Waals surface area contributed by atoms with Crippen LogP contribution < -0.4 is 10.1 Å². The highest BCUT2D eigenvalue weighted by atomic mass is 79.9. The third kappa shape index (κ3) is 5.12. The van der Waals surface area contributed by atoms with E-state index in [1.807, 2.05) is 48.6 Å². The van der Waals surface area contributed by atoms with Crippen molar-refractivity contribution >= 4 is 33.2 Å². The number of carbonyl (C=O) groups excluding carboxylic acids is 1. The van der Waals surface area contributed by atoms with Crippen LogP contribution in [0.3, 0.4) is 0 Å². The zero-order valence-electron chi connectivity index (χ0n) is 12.6. The number of para-hydroxylation sites is 1. The summed E-state index contributed by atoms with van der Waals surface area (Å²) in [5.41, 5.74) is 0.567. The summed E-state index contributed by atoms with van der Waals surface area (Å²) < 4.78 is 6.75. The molecule has 0 fully saturated rings. The summed E-state index contributed by atoms with van der Waals surface area (Å²) in [6.07, 6.45) is 0. The summed E-state index contributed by atoms with van der Waals surface area (Å²) in [6, 6.07) is 9.33. The molecule has 0 saturated carbocycles. The Hall–Kier alpha value is -1.37. The summed E-state index contributed by atoms with van der Waals surface area (Å²) in [5, 5.41) is 4.93. The van der Waals surface area contributed by atoms with E-state index in [-0.39, 0.29) is 5.91 Å². The normalized spacial score (nSPS) is 10.7. The quantitative estimate of drug-likeness (QED) is 0.797. The number of amides is 1. The number of rotatable bonds is 7. The number of thiophene rings is 1. The van der Waals surface area contributed by atoms with Crippen LogP contribution in [0, 0.1) is 0 Å². The lowest BCUT2D eigenvalue weighted by molar-refractivity contribution is 0.0947. The summed E-state index contributed by atoms with van der Waals surface area (Å²) in [7, 11) is 3.97. The molecule has 4 nitrogen and oxygen atoms in total. The molecule has 0 unspecified atom stereocenters. The standard InChI is InChI=1S/C16H19BrN2O2S/c1-19(2)7-8-21-15-6-4-3-5-14(15)16(20)18-10-13-9-12(17)11-22-13/h3-6,9,11H,7-8,10H2,1-2H3,(H,18,20). The average molecular weight is 383 g/mol. The van der Waals surface area contributed by atoms with E-state index in [2.05, 4.69) is 21.2 Å². The van der Waals surface area contributed by atoms with Crippen molar-refractivity contribution in [1.29, 1.82) is 0 Å². The van der Waals surface area contributed by atoms with Crippen molar-refractivity contribution < 1.29 is 9.53 Å². The molecule has 1 N–H and O–H groups in total. The molecular weight excluding hydrogens is 364 g/mol. The molecule has 22 heavy (non-hydrogen) atoms. The number of benzene rings is 1. The topological polar surface area (TPSA) is 41.6 Å². The Morgan fingerprint density at radius 2 is 2.14 bits per heavy atom. The van der Waals surface area contributed by atoms with Crippen LogP contribution in [0.15, 0.2) is 40.2 Å². The zero-order valence-corrected chi connectivity index (χ0v) is 15.0. The van der Waals surface area contributed by atoms with Crippen LogP contribution in [0.4, 0.5) is 0 Å². The maximum absolute atomic E-state index is 12.3. The van der Waals surface area contributed by atoms with E-state index in [9.17, 15) is 4.79 Å². The lowest BCUT2D eigenvalue weighted by Crippen LogP contribution is -2.24. The number of hydrogen-bond donors (Lipinski definition) is 1. The van der Waals surface area contributed by atoms with Gasteiger partial charge in [0.1, 0.15) is 12.4 Å². The molecule has 0 spiro atoms. The van der Waals surface area contributed by atoms with Gasteiger partial charge in [-0.15, -0.1) is 11.3 Å². The highest BCUT2D eigenvalue weighted by Crippen LogP contribution is 2.21. The minimum Gasteiger partial charge on any atom is -0.491 e. The Balaban J connectivity index is 1.96. The van der Waals surface area contributed by atoms with Gasteiger partial charge in [-0.3, -0.25) is 4.79 Å². The molecule has 0 aliphatic heterocycles. The van der Waals surface area contributed by atoms with Crippen LogP contribution in [0.1, 0.15) is 15.2 Å². The fourth-order valence-corrected chi connectivity index (χ4v) is 3.22. The predicted octanol–water partition coefficient (Wildman–Crippen LogP) is 3.38. The van der Waals surface area contributed by atoms with Crippen LogP contribution in [-0.4, -0.2) is 38.1 Å². The number of carbonyl (C=O) groups is 1. The van der Waals surface area contributed by atoms with Gasteiger partial charge in [0.2, 0.25) is 0 Å². The van der Waals surface area contributed by atoms with E-state index in [1.165, 1.54) is 0 Å². The molecule has 2 rings (SSSR count). The Bertz CT molecular complexity index is 628. The largest absolute Gasteiger partial charge is 0.491 e. The molecule has 0 atom stereocenters. The van der Waals surface area contributed by atoms with Crippen molar-refractivity contribution in [2.24, 2.45) is 0 Å². The molecule has 2 aromatic rings. The van der Waals surface area contributed by atoms with E-state index in [1.54, 1.807) is 17.4 Å². The molecule has 118 valence electrons. The van der Waals surface area contributed by atoms with Crippen molar-refractivity contribution in [3.63, 3.8) is 0 Å². The monoisotopic (exact) mass is 382 g/mol. The molecule has 6 heteroatoms. The fourth-order valence-electron chi connectivity index (χ4n) is 1.83. The third-order valence-corrected chi connectivity index (χ3v) is 4.67. The fraction of sp³-hybridized carbons (Fsp3) is 0.312. The first kappa shape index (κ1) is 17.0. The van der Waals surface area contributed by atoms with E-state index >= 15 is 0 Å². The molecule has 1 amide bonds. The SMILES string of the molecule is CN(C)CCOc1ccccc1C(=O)NCc1cc(Br)cs1. The van der Waals surface area contributed by atoms with Gasteiger partial charge in [0.25, 0.3) is 5.91 Å². The van der Waals surface area contributed by atoms with E-state index in [4.69, 9.17) is 4.74 Å². The van der Waals surface area contributed by atoms with Gasteiger partial charge in [0.15, 0.2) is 0 Å². The highest BCUT2D eigenvalue weighted by molar-refractivity contribution is 9.10. The highest BCUT2D eigenvalue weighted by Gasteiger charge is 2.12. The van der Waals surface area contributed by atoms with Gasteiger partial charge < -0.3 is 15.0 Å². The summed E-state index contributed by atoms with van der Waals surface area (Å²) >= 11 is 5.02. The van der Waals surface area contributed by atoms with Crippen molar-refractivity contribution in [3.05, 3.63) is 50.6 Å². The number of nitrogens with one attached hydrogen (secondary N) is 1. The Morgan fingerprint density at radius 3 is 2.82 bits per heavy atom. The number of likely N-dealkylation sites (N-methyl/N-ethyl adjacent to an activating group) is 1. The smallest absolute Gasteiger partial charge is 0.255 e. The van der Waals surface area contributed by atoms with Gasteiger partial charge in [0.05, 0.1) is 12.1 Å². The molecule has 0 aliphatic rings. The molecule has 1 aromatic carbocycles. The van der Waals surface area contributed by atoms with Crippen LogP contribution in [0.5, 0.6) is 5.75 Å². The van der Waals surface area contributed by atoms with E-state index in [0.717, 1.165) is 15.9 Å². The predicted molar refractivity (Wildman–Crippen MR) is 93.7 cm³/mol. The first-order valence-electron chi connectivity index (χ1n) is 6.94. The number of ether oxygens (including phenoxy) is 1. The number of halogens is 1. The van der Waals surface area contributed by atoms with Crippen LogP contribution >= 0.6 is 27.3 Å². The minimum atomic E-state index is -0.120. The number of hydrogen-bond acceptors (Lipinski definition) is 4. The van der Waals surface area contributed by atoms with Gasteiger partial charge in [0, 0.05) is 21.3 Å². The molecule has 0 saturated heterocycles. The van der Waals surface area contributed by atoms with Crippen molar-refractivity contribution in [3.8, 4) is 5.75 Å². The van der Waals surface area contributed by atoms with Gasteiger partial charge >= 0.3 is 0 Å². The lowest BCUT2D eigenvalue weighted by atomic mass is 10.2. The first-order chi connectivity index (χ1) is 10.6. The molecule has 1 aromatic heterocycles. The van der Waals surface area contributed by atoms with Crippen LogP contribution in [-0.2, 0) is 6.54 Å². The molecule has 0 bridgehead atoms. The maximum atomic E-state index is 12.3. The van der Waals surface area contributed by atoms with Crippen molar-refractivity contribution in [2.75, 3.05) is 27.2 Å². The second-order valence-corrected chi connectivity index (χ2v) is 6.97. The van der Waals surface area contributed by atoms with E-state index < -0.39 is 0 Å². The van der Waals surface area contributed by atoms with Crippen molar-refractivity contribution in [1.82, 2.24) is 10.2 Å². The molecule has 0 radical (unpaired) electrons. The average Bonchev–Trinajstić information content (AvgIpc) is 2.90. The minimum absolute atomic E-state index is 0.120. The third-order valence-electron chi connectivity index (χ3n) is 2.97. The molecular formula is C16H19BrN2O2S. The first-order valence-corrected chi connectivity index (χ1v) is 8.61. The Kier molecular flexibility index (Phi) is 6.42. The van der Waals surface area contributed by atoms with Gasteiger partial charge in [-0.2, -0.15) is 0 Å². The molecule has 0 aliphatic carbocycles. The Labute approximate surface area is 143 Å². The maximum Gasteiger partial charge on any atom is 0.255 e. The van der Waals surface area contributed by atoms with Gasteiger partial charge in [-0.05, 0) is 48.2 Å². The van der Waals surface area contributed by atoms with Crippen LogP contribution in [0.25, 0.3) is 0 Å². The van der Waals surface area contributed by atoms with Gasteiger partial charge in [-0.1, -0.05) is 12.1 Å². The number of nitrogens with zero attached hydrogens (tertiary/aromatic N) is 1.